The molecule has 0 spiro atoms. The topological polar surface area (TPSA) is 73.3 Å². The lowest BCUT2D eigenvalue weighted by Crippen LogP contribution is -2.22. The summed E-state index contributed by atoms with van der Waals surface area (Å²) < 4.78 is 12.0. The molecule has 1 N–H and O–H groups in total. The summed E-state index contributed by atoms with van der Waals surface area (Å²) in [5.41, 5.74) is 2.27. The molecule has 0 bridgehead atoms. The number of ether oxygens (including phenoxy) is 2. The summed E-state index contributed by atoms with van der Waals surface area (Å²) in [6.45, 7) is 0.442. The van der Waals surface area contributed by atoms with E-state index in [4.69, 9.17) is 9.47 Å². The van der Waals surface area contributed by atoms with Crippen LogP contribution in [0.1, 0.15) is 15.9 Å². The van der Waals surface area contributed by atoms with Gasteiger partial charge < -0.3 is 14.8 Å². The lowest BCUT2D eigenvalue weighted by atomic mass is 10.1. The van der Waals surface area contributed by atoms with Gasteiger partial charge >= 0.3 is 0 Å². The van der Waals surface area contributed by atoms with Crippen LogP contribution in [0, 0.1) is 0 Å². The first-order valence-electron chi connectivity index (χ1n) is 9.89. The standard InChI is InChI=1S/C25H20BrN3O3/c1-31-21-9-11-22(12-10-21)32-23-13-14-27-24(29-23)18-3-2-4-19(15-18)25(30)28-16-17-5-7-20(26)8-6-17/h2-15H,16H2,1H3,(H,28,30). The van der Waals surface area contributed by atoms with E-state index < -0.39 is 0 Å². The minimum Gasteiger partial charge on any atom is -0.497 e. The van der Waals surface area contributed by atoms with Gasteiger partial charge in [0.2, 0.25) is 5.88 Å². The molecule has 0 radical (unpaired) electrons. The van der Waals surface area contributed by atoms with Gasteiger partial charge in [0.05, 0.1) is 7.11 Å². The van der Waals surface area contributed by atoms with Crippen LogP contribution in [-0.2, 0) is 6.54 Å². The first-order valence-corrected chi connectivity index (χ1v) is 10.7. The Morgan fingerprint density at radius 2 is 1.72 bits per heavy atom. The van der Waals surface area contributed by atoms with E-state index in [9.17, 15) is 4.79 Å². The highest BCUT2D eigenvalue weighted by Gasteiger charge is 2.10. The monoisotopic (exact) mass is 489 g/mol. The van der Waals surface area contributed by atoms with Gasteiger partial charge in [0, 0.05) is 34.4 Å². The minimum absolute atomic E-state index is 0.166. The van der Waals surface area contributed by atoms with Gasteiger partial charge in [0.1, 0.15) is 11.5 Å². The SMILES string of the molecule is COc1ccc(Oc2ccnc(-c3cccc(C(=O)NCc4ccc(Br)cc4)c3)n2)cc1. The third kappa shape index (κ3) is 5.50. The van der Waals surface area contributed by atoms with Crippen molar-refractivity contribution in [3.8, 4) is 28.8 Å². The van der Waals surface area contributed by atoms with Gasteiger partial charge in [0.15, 0.2) is 5.82 Å². The molecule has 4 aromatic rings. The fourth-order valence-electron chi connectivity index (χ4n) is 2.99. The first kappa shape index (κ1) is 21.5. The number of nitrogens with one attached hydrogen (secondary N) is 1. The molecule has 1 aromatic heterocycles. The largest absolute Gasteiger partial charge is 0.497 e. The molecule has 160 valence electrons. The Morgan fingerprint density at radius 3 is 2.47 bits per heavy atom. The van der Waals surface area contributed by atoms with E-state index >= 15 is 0 Å². The molecule has 3 aromatic carbocycles. The number of methoxy groups -OCH3 is 1. The highest BCUT2D eigenvalue weighted by atomic mass is 79.9. The normalized spacial score (nSPS) is 10.4. The highest BCUT2D eigenvalue weighted by molar-refractivity contribution is 9.10. The van der Waals surface area contributed by atoms with Gasteiger partial charge in [-0.1, -0.05) is 40.2 Å². The van der Waals surface area contributed by atoms with Crippen LogP contribution in [0.15, 0.2) is 89.5 Å². The summed E-state index contributed by atoms with van der Waals surface area (Å²) in [4.78, 5) is 21.4. The molecule has 0 aliphatic carbocycles. The molecule has 0 atom stereocenters. The highest BCUT2D eigenvalue weighted by Crippen LogP contribution is 2.24. The van der Waals surface area contributed by atoms with Crippen molar-refractivity contribution in [1.82, 2.24) is 15.3 Å². The summed E-state index contributed by atoms with van der Waals surface area (Å²) in [5, 5.41) is 2.94. The van der Waals surface area contributed by atoms with Gasteiger partial charge in [-0.25, -0.2) is 4.98 Å². The molecular weight excluding hydrogens is 470 g/mol. The van der Waals surface area contributed by atoms with Crippen LogP contribution < -0.4 is 14.8 Å². The molecule has 1 heterocycles. The number of rotatable bonds is 7. The van der Waals surface area contributed by atoms with Crippen molar-refractivity contribution in [3.05, 3.63) is 101 Å². The fraction of sp³-hybridized carbons (Fsp3) is 0.0800. The Bertz CT molecular complexity index is 1210. The summed E-state index contributed by atoms with van der Waals surface area (Å²) in [5.74, 6) is 2.09. The van der Waals surface area contributed by atoms with Crippen LogP contribution in [-0.4, -0.2) is 23.0 Å². The van der Waals surface area contributed by atoms with Crippen LogP contribution >= 0.6 is 15.9 Å². The average Bonchev–Trinajstić information content (AvgIpc) is 2.84. The zero-order valence-corrected chi connectivity index (χ0v) is 18.9. The predicted molar refractivity (Wildman–Crippen MR) is 126 cm³/mol. The number of hydrogen-bond donors (Lipinski definition) is 1. The van der Waals surface area contributed by atoms with Crippen molar-refractivity contribution in [3.63, 3.8) is 0 Å². The zero-order chi connectivity index (χ0) is 22.3. The summed E-state index contributed by atoms with van der Waals surface area (Å²) in [6, 6.07) is 23.9. The Kier molecular flexibility index (Phi) is 6.77. The second-order valence-corrected chi connectivity index (χ2v) is 7.80. The number of nitrogens with zero attached hydrogens (tertiary/aromatic N) is 2. The van der Waals surface area contributed by atoms with Crippen molar-refractivity contribution in [2.45, 2.75) is 6.54 Å². The maximum absolute atomic E-state index is 12.6. The molecule has 0 saturated carbocycles. The van der Waals surface area contributed by atoms with Crippen LogP contribution in [0.5, 0.6) is 17.4 Å². The lowest BCUT2D eigenvalue weighted by molar-refractivity contribution is 0.0951. The second kappa shape index (κ2) is 10.1. The number of aromatic nitrogens is 2. The van der Waals surface area contributed by atoms with Gasteiger partial charge in [0.25, 0.3) is 5.91 Å². The summed E-state index contributed by atoms with van der Waals surface area (Å²) >= 11 is 3.41. The third-order valence-corrected chi connectivity index (χ3v) is 5.19. The summed E-state index contributed by atoms with van der Waals surface area (Å²) in [6.07, 6.45) is 1.63. The molecule has 32 heavy (non-hydrogen) atoms. The van der Waals surface area contributed by atoms with E-state index in [1.54, 1.807) is 43.6 Å². The van der Waals surface area contributed by atoms with E-state index in [0.717, 1.165) is 21.3 Å². The Morgan fingerprint density at radius 1 is 0.969 bits per heavy atom. The van der Waals surface area contributed by atoms with Gasteiger partial charge in [-0.3, -0.25) is 4.79 Å². The van der Waals surface area contributed by atoms with Crippen molar-refractivity contribution in [2.24, 2.45) is 0 Å². The quantitative estimate of drug-likeness (QED) is 0.363. The molecule has 4 rings (SSSR count). The van der Waals surface area contributed by atoms with Crippen molar-refractivity contribution in [2.75, 3.05) is 7.11 Å². The van der Waals surface area contributed by atoms with Gasteiger partial charge in [-0.2, -0.15) is 4.98 Å². The number of carbonyl (C=O) groups is 1. The Hall–Kier alpha value is -3.71. The number of carbonyl (C=O) groups excluding carboxylic acids is 1. The molecular formula is C25H20BrN3O3. The Labute approximate surface area is 194 Å². The van der Waals surface area contributed by atoms with Gasteiger partial charge in [-0.15, -0.1) is 0 Å². The van der Waals surface area contributed by atoms with Crippen LogP contribution in [0.25, 0.3) is 11.4 Å². The van der Waals surface area contributed by atoms with E-state index in [-0.39, 0.29) is 5.91 Å². The number of amides is 1. The minimum atomic E-state index is -0.166. The zero-order valence-electron chi connectivity index (χ0n) is 17.3. The summed E-state index contributed by atoms with van der Waals surface area (Å²) in [7, 11) is 1.61. The second-order valence-electron chi connectivity index (χ2n) is 6.89. The van der Waals surface area contributed by atoms with E-state index in [0.29, 0.717) is 29.6 Å². The average molecular weight is 490 g/mol. The first-order chi connectivity index (χ1) is 15.6. The molecule has 0 aliphatic rings. The fourth-order valence-corrected chi connectivity index (χ4v) is 3.25. The van der Waals surface area contributed by atoms with E-state index in [1.807, 2.05) is 48.5 Å². The van der Waals surface area contributed by atoms with Crippen molar-refractivity contribution >= 4 is 21.8 Å². The number of halogens is 1. The molecule has 7 heteroatoms. The maximum atomic E-state index is 12.6. The Balaban J connectivity index is 1.46. The van der Waals surface area contributed by atoms with Gasteiger partial charge in [-0.05, 0) is 54.1 Å². The smallest absolute Gasteiger partial charge is 0.251 e. The van der Waals surface area contributed by atoms with Crippen molar-refractivity contribution in [1.29, 1.82) is 0 Å². The van der Waals surface area contributed by atoms with E-state index in [1.165, 1.54) is 0 Å². The number of benzene rings is 3. The van der Waals surface area contributed by atoms with Crippen molar-refractivity contribution < 1.29 is 14.3 Å². The molecule has 0 saturated heterocycles. The molecule has 6 nitrogen and oxygen atoms in total. The van der Waals surface area contributed by atoms with Crippen LogP contribution in [0.2, 0.25) is 0 Å². The predicted octanol–water partition coefficient (Wildman–Crippen LogP) is 5.64. The molecule has 0 unspecified atom stereocenters. The lowest BCUT2D eigenvalue weighted by Gasteiger charge is -2.09. The number of hydrogen-bond acceptors (Lipinski definition) is 5. The molecule has 0 aliphatic heterocycles. The third-order valence-electron chi connectivity index (χ3n) is 4.66. The van der Waals surface area contributed by atoms with Crippen LogP contribution in [0.4, 0.5) is 0 Å². The van der Waals surface area contributed by atoms with Crippen LogP contribution in [0.3, 0.4) is 0 Å². The van der Waals surface area contributed by atoms with E-state index in [2.05, 4.69) is 31.2 Å². The maximum Gasteiger partial charge on any atom is 0.251 e. The molecule has 1 amide bonds. The molecule has 0 fully saturated rings.